The molecule has 66 heavy (non-hydrogen) atoms. The first-order valence-electron chi connectivity index (χ1n) is 28.8. The third kappa shape index (κ3) is 52.5. The summed E-state index contributed by atoms with van der Waals surface area (Å²) in [6.45, 7) is 4.20. The van der Waals surface area contributed by atoms with E-state index >= 15 is 0 Å². The number of amides is 1. The van der Waals surface area contributed by atoms with E-state index in [0.29, 0.717) is 6.42 Å². The molecule has 1 amide bonds. The first kappa shape index (κ1) is 63.6. The van der Waals surface area contributed by atoms with Crippen molar-refractivity contribution in [2.24, 2.45) is 0 Å². The highest BCUT2D eigenvalue weighted by Gasteiger charge is 2.18. The zero-order valence-electron chi connectivity index (χ0n) is 43.9. The molecule has 4 nitrogen and oxygen atoms in total. The molecule has 0 aliphatic heterocycles. The minimum Gasteiger partial charge on any atom is -0.394 e. The van der Waals surface area contributed by atoms with Crippen LogP contribution < -0.4 is 5.32 Å². The summed E-state index contributed by atoms with van der Waals surface area (Å²) in [6, 6.07) is -0.623. The lowest BCUT2D eigenvalue weighted by Gasteiger charge is -2.20. The van der Waals surface area contributed by atoms with Crippen LogP contribution in [0.15, 0.2) is 85.1 Å². The predicted octanol–water partition coefficient (Wildman–Crippen LogP) is 19.1. The summed E-state index contributed by atoms with van der Waals surface area (Å²) in [5.74, 6) is -0.0623. The third-order valence-corrected chi connectivity index (χ3v) is 12.9. The van der Waals surface area contributed by atoms with Crippen LogP contribution in [0.2, 0.25) is 0 Å². The van der Waals surface area contributed by atoms with E-state index in [4.69, 9.17) is 0 Å². The smallest absolute Gasteiger partial charge is 0.220 e. The zero-order valence-corrected chi connectivity index (χ0v) is 43.9. The maximum atomic E-state index is 12.5. The number of unbranched alkanes of at least 4 members (excludes halogenated alkanes) is 33. The number of hydrogen-bond donors (Lipinski definition) is 3. The molecule has 0 saturated carbocycles. The SMILES string of the molecule is CC/C=C\C/C=C\C/C=C\C/C=C\C/C=C\C/C=C\CCCCCCCCCCCCCCCCCCCCCCC(=O)NC(CO)C(O)/C=C/CCCCCCCCCCCCCCC. The number of allylic oxidation sites excluding steroid dienone is 13. The maximum absolute atomic E-state index is 12.5. The lowest BCUT2D eigenvalue weighted by Crippen LogP contribution is -2.45. The van der Waals surface area contributed by atoms with Crippen LogP contribution in [0.4, 0.5) is 0 Å². The minimum atomic E-state index is -0.840. The van der Waals surface area contributed by atoms with Gasteiger partial charge in [0.1, 0.15) is 0 Å². The average molecular weight is 919 g/mol. The van der Waals surface area contributed by atoms with Crippen molar-refractivity contribution in [2.75, 3.05) is 6.61 Å². The number of rotatable bonds is 52. The van der Waals surface area contributed by atoms with Crippen LogP contribution in [-0.2, 0) is 4.79 Å². The van der Waals surface area contributed by atoms with Crippen molar-refractivity contribution < 1.29 is 15.0 Å². The summed E-state index contributed by atoms with van der Waals surface area (Å²) in [6.07, 6.45) is 83.2. The van der Waals surface area contributed by atoms with E-state index in [-0.39, 0.29) is 12.5 Å². The molecule has 0 radical (unpaired) electrons. The average Bonchev–Trinajstić information content (AvgIpc) is 3.32. The highest BCUT2D eigenvalue weighted by molar-refractivity contribution is 5.76. The molecule has 0 heterocycles. The van der Waals surface area contributed by atoms with Gasteiger partial charge < -0.3 is 15.5 Å². The molecule has 0 rings (SSSR count). The summed E-state index contributed by atoms with van der Waals surface area (Å²) in [5, 5.41) is 23.1. The first-order valence-corrected chi connectivity index (χ1v) is 28.8. The molecular formula is C62H111NO3. The van der Waals surface area contributed by atoms with Gasteiger partial charge in [0, 0.05) is 6.42 Å². The summed E-state index contributed by atoms with van der Waals surface area (Å²) < 4.78 is 0. The third-order valence-electron chi connectivity index (χ3n) is 12.9. The number of nitrogens with one attached hydrogen (secondary N) is 1. The van der Waals surface area contributed by atoms with Gasteiger partial charge in [0.05, 0.1) is 18.8 Å². The van der Waals surface area contributed by atoms with Crippen LogP contribution in [0.3, 0.4) is 0 Å². The topological polar surface area (TPSA) is 69.6 Å². The molecular weight excluding hydrogens is 807 g/mol. The van der Waals surface area contributed by atoms with E-state index in [0.717, 1.165) is 64.2 Å². The van der Waals surface area contributed by atoms with Gasteiger partial charge in [-0.1, -0.05) is 292 Å². The van der Waals surface area contributed by atoms with Gasteiger partial charge in [0.15, 0.2) is 0 Å². The molecule has 0 aromatic rings. The van der Waals surface area contributed by atoms with Crippen LogP contribution in [0.5, 0.6) is 0 Å². The van der Waals surface area contributed by atoms with Gasteiger partial charge in [-0.3, -0.25) is 4.79 Å². The van der Waals surface area contributed by atoms with Gasteiger partial charge in [0.25, 0.3) is 0 Å². The Morgan fingerprint density at radius 1 is 0.379 bits per heavy atom. The minimum absolute atomic E-state index is 0.0623. The normalized spacial score (nSPS) is 13.5. The number of hydrogen-bond acceptors (Lipinski definition) is 3. The van der Waals surface area contributed by atoms with Crippen LogP contribution in [0.25, 0.3) is 0 Å². The Labute approximate surface area is 411 Å². The van der Waals surface area contributed by atoms with E-state index in [1.165, 1.54) is 199 Å². The Kier molecular flexibility index (Phi) is 54.8. The van der Waals surface area contributed by atoms with Gasteiger partial charge in [-0.2, -0.15) is 0 Å². The maximum Gasteiger partial charge on any atom is 0.220 e. The van der Waals surface area contributed by atoms with Crippen molar-refractivity contribution in [3.05, 3.63) is 85.1 Å². The van der Waals surface area contributed by atoms with Crippen LogP contribution in [0, 0.1) is 0 Å². The first-order chi connectivity index (χ1) is 32.7. The Balaban J connectivity index is 3.46. The van der Waals surface area contributed by atoms with Crippen LogP contribution >= 0.6 is 0 Å². The molecule has 382 valence electrons. The fraction of sp³-hybridized carbons (Fsp3) is 0.758. The molecule has 0 spiro atoms. The summed E-state index contributed by atoms with van der Waals surface area (Å²) in [5.41, 5.74) is 0. The molecule has 0 aromatic heterocycles. The van der Waals surface area contributed by atoms with E-state index in [1.807, 2.05) is 6.08 Å². The van der Waals surface area contributed by atoms with E-state index in [2.05, 4.69) is 92.1 Å². The second-order valence-electron chi connectivity index (χ2n) is 19.3. The van der Waals surface area contributed by atoms with Gasteiger partial charge in [-0.05, 0) is 70.6 Å². The van der Waals surface area contributed by atoms with Crippen LogP contribution in [-0.4, -0.2) is 34.9 Å². The number of carbonyl (C=O) groups excluding carboxylic acids is 1. The lowest BCUT2D eigenvalue weighted by molar-refractivity contribution is -0.123. The number of carbonyl (C=O) groups is 1. The lowest BCUT2D eigenvalue weighted by atomic mass is 10.0. The molecule has 0 aliphatic carbocycles. The van der Waals surface area contributed by atoms with Crippen molar-refractivity contribution in [3.8, 4) is 0 Å². The van der Waals surface area contributed by atoms with Crippen LogP contribution in [0.1, 0.15) is 284 Å². The monoisotopic (exact) mass is 918 g/mol. The second kappa shape index (κ2) is 56.9. The fourth-order valence-electron chi connectivity index (χ4n) is 8.54. The standard InChI is InChI=1S/C62H111NO3/c1-3-5-7-9-11-13-15-17-19-20-21-22-23-24-25-26-27-28-29-30-31-32-33-34-35-36-37-38-39-40-41-42-44-46-48-50-52-54-56-58-62(66)63-60(59-64)61(65)57-55-53-51-49-47-45-43-18-16-14-12-10-8-6-4-2/h5,7,11,13,17,19,21-22,24-25,27-28,55,57,60-61,64-65H,3-4,6,8-10,12,14-16,18,20,23,26,29-54,56,58-59H2,1-2H3,(H,63,66)/b7-5-,13-11-,19-17-,22-21-,25-24-,28-27-,57-55+. The summed E-state index contributed by atoms with van der Waals surface area (Å²) in [4.78, 5) is 12.5. The Hall–Kier alpha value is -2.43. The Bertz CT molecular complexity index is 1180. The largest absolute Gasteiger partial charge is 0.394 e. The van der Waals surface area contributed by atoms with Crippen molar-refractivity contribution in [1.82, 2.24) is 5.32 Å². The highest BCUT2D eigenvalue weighted by Crippen LogP contribution is 2.17. The quantitative estimate of drug-likeness (QED) is 0.0421. The van der Waals surface area contributed by atoms with Crippen molar-refractivity contribution >= 4 is 5.91 Å². The molecule has 0 bridgehead atoms. The molecule has 2 atom stereocenters. The van der Waals surface area contributed by atoms with Gasteiger partial charge in [-0.15, -0.1) is 0 Å². The Morgan fingerprint density at radius 3 is 1.00 bits per heavy atom. The zero-order chi connectivity index (χ0) is 47.7. The molecule has 4 heteroatoms. The van der Waals surface area contributed by atoms with Crippen molar-refractivity contribution in [1.29, 1.82) is 0 Å². The Morgan fingerprint density at radius 2 is 0.667 bits per heavy atom. The highest BCUT2D eigenvalue weighted by atomic mass is 16.3. The molecule has 0 aliphatic rings. The van der Waals surface area contributed by atoms with E-state index < -0.39 is 12.1 Å². The summed E-state index contributed by atoms with van der Waals surface area (Å²) >= 11 is 0. The van der Waals surface area contributed by atoms with Crippen molar-refractivity contribution in [2.45, 2.75) is 296 Å². The van der Waals surface area contributed by atoms with Gasteiger partial charge in [0.2, 0.25) is 5.91 Å². The molecule has 2 unspecified atom stereocenters. The molecule has 0 fully saturated rings. The number of aliphatic hydroxyl groups is 2. The number of aliphatic hydroxyl groups excluding tert-OH is 2. The van der Waals surface area contributed by atoms with Gasteiger partial charge >= 0.3 is 0 Å². The van der Waals surface area contributed by atoms with E-state index in [1.54, 1.807) is 6.08 Å². The molecule has 3 N–H and O–H groups in total. The van der Waals surface area contributed by atoms with Crippen molar-refractivity contribution in [3.63, 3.8) is 0 Å². The predicted molar refractivity (Wildman–Crippen MR) is 294 cm³/mol. The fourth-order valence-corrected chi connectivity index (χ4v) is 8.54. The second-order valence-corrected chi connectivity index (χ2v) is 19.3. The van der Waals surface area contributed by atoms with E-state index in [9.17, 15) is 15.0 Å². The summed E-state index contributed by atoms with van der Waals surface area (Å²) in [7, 11) is 0. The molecule has 0 aromatic carbocycles. The molecule has 0 saturated heterocycles. The van der Waals surface area contributed by atoms with Gasteiger partial charge in [-0.25, -0.2) is 0 Å².